The summed E-state index contributed by atoms with van der Waals surface area (Å²) in [5.41, 5.74) is 6.24. The number of methoxy groups -OCH3 is 1. The zero-order valence-electron chi connectivity index (χ0n) is 17.3. The number of benzene rings is 1. The minimum Gasteiger partial charge on any atom is -0.481 e. The van der Waals surface area contributed by atoms with Crippen molar-refractivity contribution in [2.24, 2.45) is 5.73 Å². The van der Waals surface area contributed by atoms with Crippen molar-refractivity contribution in [3.8, 4) is 0 Å². The van der Waals surface area contributed by atoms with Crippen LogP contribution < -0.4 is 16.4 Å². The van der Waals surface area contributed by atoms with E-state index in [1.807, 2.05) is 19.1 Å². The molecule has 12 heteroatoms. The standard InChI is InChI=1S/C14H18N4O3.C5H9NO4/c1-3-4-9-15-13(19)18-11-8-6-5-7-10(11)16-12(18)17-14(20)21-2;6-3(5(9)10)1-2-4(7)8/h5-8H,3-4,9H2,1-2H3,(H,15,19)(H,16,17,20);3H,1-2,6H2,(H,7,8)(H,9,10). The van der Waals surface area contributed by atoms with Crippen molar-refractivity contribution in [1.29, 1.82) is 0 Å². The topological polar surface area (TPSA) is 186 Å². The van der Waals surface area contributed by atoms with E-state index >= 15 is 0 Å². The second-order valence-corrected chi connectivity index (χ2v) is 6.34. The first kappa shape index (κ1) is 25.4. The molecule has 1 atom stereocenters. The monoisotopic (exact) mass is 437 g/mol. The average molecular weight is 437 g/mol. The van der Waals surface area contributed by atoms with Gasteiger partial charge < -0.3 is 26.0 Å². The lowest BCUT2D eigenvalue weighted by Crippen LogP contribution is -2.31. The number of imidazole rings is 1. The zero-order chi connectivity index (χ0) is 23.4. The molecule has 0 saturated heterocycles. The second-order valence-electron chi connectivity index (χ2n) is 6.34. The molecule has 0 radical (unpaired) electrons. The van der Waals surface area contributed by atoms with E-state index in [0.29, 0.717) is 17.6 Å². The lowest BCUT2D eigenvalue weighted by molar-refractivity contribution is -0.139. The predicted octanol–water partition coefficient (Wildman–Crippen LogP) is 1.84. The van der Waals surface area contributed by atoms with Gasteiger partial charge in [-0.1, -0.05) is 25.5 Å². The Morgan fingerprint density at radius 3 is 2.48 bits per heavy atom. The van der Waals surface area contributed by atoms with Crippen LogP contribution in [-0.4, -0.2) is 63.5 Å². The third-order valence-electron chi connectivity index (χ3n) is 3.96. The molecule has 0 aliphatic heterocycles. The summed E-state index contributed by atoms with van der Waals surface area (Å²) in [5.74, 6) is -2.06. The van der Waals surface area contributed by atoms with E-state index in [1.54, 1.807) is 12.1 Å². The number of aliphatic carboxylic acids is 2. The van der Waals surface area contributed by atoms with E-state index in [1.165, 1.54) is 11.7 Å². The fourth-order valence-electron chi connectivity index (χ4n) is 2.31. The summed E-state index contributed by atoms with van der Waals surface area (Å²) < 4.78 is 5.88. The number of para-hydroxylation sites is 2. The van der Waals surface area contributed by atoms with Crippen molar-refractivity contribution >= 4 is 41.0 Å². The molecule has 1 aromatic heterocycles. The van der Waals surface area contributed by atoms with Gasteiger partial charge in [0.25, 0.3) is 0 Å². The number of aromatic nitrogens is 2. The van der Waals surface area contributed by atoms with E-state index in [4.69, 9.17) is 15.9 Å². The summed E-state index contributed by atoms with van der Waals surface area (Å²) in [5, 5.41) is 21.5. The molecule has 1 unspecified atom stereocenters. The molecule has 0 spiro atoms. The highest BCUT2D eigenvalue weighted by Crippen LogP contribution is 2.19. The van der Waals surface area contributed by atoms with Gasteiger partial charge in [-0.2, -0.15) is 0 Å². The molecule has 0 aliphatic carbocycles. The maximum atomic E-state index is 12.3. The van der Waals surface area contributed by atoms with E-state index in [2.05, 4.69) is 20.4 Å². The van der Waals surface area contributed by atoms with Crippen LogP contribution in [0.15, 0.2) is 24.3 Å². The zero-order valence-corrected chi connectivity index (χ0v) is 17.3. The first-order valence-electron chi connectivity index (χ1n) is 9.52. The van der Waals surface area contributed by atoms with Crippen molar-refractivity contribution in [2.75, 3.05) is 19.0 Å². The maximum Gasteiger partial charge on any atom is 0.413 e. The van der Waals surface area contributed by atoms with Gasteiger partial charge >= 0.3 is 24.1 Å². The van der Waals surface area contributed by atoms with Crippen LogP contribution in [0.2, 0.25) is 0 Å². The van der Waals surface area contributed by atoms with E-state index < -0.39 is 24.1 Å². The number of hydrogen-bond acceptors (Lipinski definition) is 7. The summed E-state index contributed by atoms with van der Waals surface area (Å²) in [7, 11) is 1.25. The first-order chi connectivity index (χ1) is 14.7. The molecule has 0 saturated carbocycles. The molecular formula is C19H27N5O7. The molecule has 0 bridgehead atoms. The lowest BCUT2D eigenvalue weighted by atomic mass is 10.2. The largest absolute Gasteiger partial charge is 0.481 e. The molecule has 1 heterocycles. The van der Waals surface area contributed by atoms with Crippen LogP contribution in [-0.2, 0) is 14.3 Å². The van der Waals surface area contributed by atoms with Gasteiger partial charge in [-0.05, 0) is 25.0 Å². The average Bonchev–Trinajstić information content (AvgIpc) is 3.10. The lowest BCUT2D eigenvalue weighted by Gasteiger charge is -2.09. The number of amides is 2. The quantitative estimate of drug-likeness (QED) is 0.384. The molecular weight excluding hydrogens is 410 g/mol. The van der Waals surface area contributed by atoms with E-state index in [-0.39, 0.29) is 24.8 Å². The van der Waals surface area contributed by atoms with Crippen molar-refractivity contribution in [3.63, 3.8) is 0 Å². The molecule has 6 N–H and O–H groups in total. The number of hydrogen-bond donors (Lipinski definition) is 5. The minimum atomic E-state index is -1.17. The summed E-state index contributed by atoms with van der Waals surface area (Å²) in [4.78, 5) is 47.8. The number of unbranched alkanes of at least 4 members (excludes halogenated alkanes) is 1. The summed E-state index contributed by atoms with van der Waals surface area (Å²) in [6.45, 7) is 2.61. The normalized spacial score (nSPS) is 11.1. The third kappa shape index (κ3) is 8.30. The molecule has 12 nitrogen and oxygen atoms in total. The van der Waals surface area contributed by atoms with Crippen LogP contribution in [0.1, 0.15) is 32.6 Å². The number of carbonyl (C=O) groups is 4. The van der Waals surface area contributed by atoms with Gasteiger partial charge in [0.05, 0.1) is 18.1 Å². The molecule has 0 aliphatic rings. The van der Waals surface area contributed by atoms with Crippen molar-refractivity contribution < 1.29 is 34.1 Å². The predicted molar refractivity (Wildman–Crippen MR) is 112 cm³/mol. The Morgan fingerprint density at radius 2 is 1.90 bits per heavy atom. The number of carboxylic acid groups (broad SMARTS) is 2. The van der Waals surface area contributed by atoms with E-state index in [9.17, 15) is 19.2 Å². The summed E-state index contributed by atoms with van der Waals surface area (Å²) in [6, 6.07) is 5.77. The van der Waals surface area contributed by atoms with E-state index in [0.717, 1.165) is 12.8 Å². The Bertz CT molecular complexity index is 912. The maximum absolute atomic E-state index is 12.3. The van der Waals surface area contributed by atoms with Crippen LogP contribution in [0, 0.1) is 0 Å². The molecule has 170 valence electrons. The highest BCUT2D eigenvalue weighted by molar-refractivity contribution is 5.96. The summed E-state index contributed by atoms with van der Waals surface area (Å²) in [6.07, 6.45) is 0.974. The highest BCUT2D eigenvalue weighted by atomic mass is 16.5. The Hall–Kier alpha value is -3.67. The Labute approximate surface area is 178 Å². The SMILES string of the molecule is CCCCNC(=O)n1c(NC(=O)OC)nc2ccccc21.NC(CCC(=O)O)C(=O)O. The van der Waals surface area contributed by atoms with Crippen molar-refractivity contribution in [2.45, 2.75) is 38.6 Å². The van der Waals surface area contributed by atoms with Crippen molar-refractivity contribution in [3.05, 3.63) is 24.3 Å². The van der Waals surface area contributed by atoms with Gasteiger partial charge in [-0.3, -0.25) is 14.9 Å². The Kier molecular flexibility index (Phi) is 10.5. The molecule has 1 aromatic carbocycles. The number of ether oxygens (including phenoxy) is 1. The molecule has 2 aromatic rings. The number of fused-ring (bicyclic) bond motifs is 1. The van der Waals surface area contributed by atoms with Crippen LogP contribution in [0.5, 0.6) is 0 Å². The molecule has 2 amide bonds. The second kappa shape index (κ2) is 12.8. The van der Waals surface area contributed by atoms with Gasteiger partial charge in [-0.15, -0.1) is 0 Å². The fourth-order valence-corrected chi connectivity index (χ4v) is 2.31. The highest BCUT2D eigenvalue weighted by Gasteiger charge is 2.18. The molecule has 0 fully saturated rings. The van der Waals surface area contributed by atoms with Crippen LogP contribution in [0.4, 0.5) is 15.5 Å². The fraction of sp³-hybridized carbons (Fsp3) is 0.421. The molecule has 2 rings (SSSR count). The number of anilines is 1. The number of nitrogens with zero attached hydrogens (tertiary/aromatic N) is 2. The van der Waals surface area contributed by atoms with Gasteiger partial charge in [-0.25, -0.2) is 19.1 Å². The number of nitrogens with two attached hydrogens (primary N) is 1. The third-order valence-corrected chi connectivity index (χ3v) is 3.96. The van der Waals surface area contributed by atoms with Gasteiger partial charge in [0.2, 0.25) is 5.95 Å². The Morgan fingerprint density at radius 1 is 1.23 bits per heavy atom. The molecule has 31 heavy (non-hydrogen) atoms. The van der Waals surface area contributed by atoms with Gasteiger partial charge in [0, 0.05) is 13.0 Å². The first-order valence-corrected chi connectivity index (χ1v) is 9.52. The van der Waals surface area contributed by atoms with Gasteiger partial charge in [0.15, 0.2) is 0 Å². The number of nitrogens with one attached hydrogen (secondary N) is 2. The Balaban J connectivity index is 0.000000407. The van der Waals surface area contributed by atoms with Crippen molar-refractivity contribution in [1.82, 2.24) is 14.9 Å². The van der Waals surface area contributed by atoms with Gasteiger partial charge in [0.1, 0.15) is 6.04 Å². The number of rotatable bonds is 8. The minimum absolute atomic E-state index is 0.0231. The van der Waals surface area contributed by atoms with Crippen LogP contribution in [0.25, 0.3) is 11.0 Å². The number of carbonyl (C=O) groups excluding carboxylic acids is 2. The van der Waals surface area contributed by atoms with Crippen LogP contribution in [0.3, 0.4) is 0 Å². The summed E-state index contributed by atoms with van der Waals surface area (Å²) >= 11 is 0. The smallest absolute Gasteiger partial charge is 0.413 e. The van der Waals surface area contributed by atoms with Crippen LogP contribution >= 0.6 is 0 Å². The number of carboxylic acids is 2.